The zero-order valence-electron chi connectivity index (χ0n) is 15.7. The Kier molecular flexibility index (Phi) is 6.62. The number of rotatable bonds is 7. The third-order valence-corrected chi connectivity index (χ3v) is 4.74. The summed E-state index contributed by atoms with van der Waals surface area (Å²) in [6, 6.07) is 5.64. The lowest BCUT2D eigenvalue weighted by molar-refractivity contribution is -0.125. The van der Waals surface area contributed by atoms with Crippen molar-refractivity contribution in [1.82, 2.24) is 19.9 Å². The molecule has 27 heavy (non-hydrogen) atoms. The van der Waals surface area contributed by atoms with Crippen LogP contribution in [0.1, 0.15) is 58.3 Å². The zero-order valence-corrected chi connectivity index (χ0v) is 15.7. The molecule has 0 atom stereocenters. The molecular formula is C19H27N5O3. The van der Waals surface area contributed by atoms with E-state index in [0.29, 0.717) is 24.1 Å². The maximum atomic E-state index is 12.3. The average Bonchev–Trinajstić information content (AvgIpc) is 2.89. The maximum Gasteiger partial charge on any atom is 0.238 e. The Labute approximate surface area is 158 Å². The fourth-order valence-electron chi connectivity index (χ4n) is 3.39. The van der Waals surface area contributed by atoms with E-state index in [-0.39, 0.29) is 30.7 Å². The van der Waals surface area contributed by atoms with Crippen LogP contribution in [-0.2, 0) is 9.59 Å². The second kappa shape index (κ2) is 9.34. The summed E-state index contributed by atoms with van der Waals surface area (Å²) in [6.07, 6.45) is 7.13. The molecule has 2 aromatic rings. The Balaban J connectivity index is 1.53. The van der Waals surface area contributed by atoms with Crippen molar-refractivity contribution in [2.24, 2.45) is 0 Å². The van der Waals surface area contributed by atoms with Crippen LogP contribution in [0.15, 0.2) is 18.2 Å². The molecule has 0 aromatic carbocycles. The number of hydrogen-bond acceptors (Lipinski definition) is 5. The minimum Gasteiger partial charge on any atom is -0.479 e. The largest absolute Gasteiger partial charge is 0.479 e. The zero-order chi connectivity index (χ0) is 19.1. The molecule has 0 radical (unpaired) electrons. The number of nitrogens with one attached hydrogen (secondary N) is 2. The first-order valence-corrected chi connectivity index (χ1v) is 9.73. The molecule has 2 heterocycles. The third kappa shape index (κ3) is 5.18. The number of pyridine rings is 1. The molecule has 1 fully saturated rings. The first-order valence-electron chi connectivity index (χ1n) is 9.73. The molecule has 2 aromatic heterocycles. The van der Waals surface area contributed by atoms with E-state index in [1.807, 2.05) is 13.0 Å². The van der Waals surface area contributed by atoms with Gasteiger partial charge < -0.3 is 10.1 Å². The normalized spacial score (nSPS) is 15.3. The molecule has 146 valence electrons. The van der Waals surface area contributed by atoms with Gasteiger partial charge in [0.05, 0.1) is 6.61 Å². The Hall–Kier alpha value is -2.64. The number of carbonyl (C=O) groups is 2. The number of carbonyl (C=O) groups excluding carboxylic acids is 2. The number of amides is 2. The van der Waals surface area contributed by atoms with Gasteiger partial charge >= 0.3 is 0 Å². The first-order chi connectivity index (χ1) is 13.2. The van der Waals surface area contributed by atoms with E-state index in [1.165, 1.54) is 12.8 Å². The van der Waals surface area contributed by atoms with Crippen molar-refractivity contribution in [1.29, 1.82) is 0 Å². The van der Waals surface area contributed by atoms with Gasteiger partial charge in [-0.2, -0.15) is 0 Å². The molecule has 0 unspecified atom stereocenters. The Morgan fingerprint density at radius 3 is 2.59 bits per heavy atom. The van der Waals surface area contributed by atoms with Gasteiger partial charge in [0.25, 0.3) is 0 Å². The average molecular weight is 373 g/mol. The maximum absolute atomic E-state index is 12.3. The van der Waals surface area contributed by atoms with Crippen molar-refractivity contribution in [2.75, 3.05) is 11.9 Å². The molecule has 1 aliphatic rings. The first kappa shape index (κ1) is 19.1. The van der Waals surface area contributed by atoms with Gasteiger partial charge in [0.1, 0.15) is 0 Å². The summed E-state index contributed by atoms with van der Waals surface area (Å²) in [7, 11) is 0. The number of nitrogens with zero attached hydrogens (tertiary/aromatic N) is 3. The Morgan fingerprint density at radius 2 is 1.85 bits per heavy atom. The lowest BCUT2D eigenvalue weighted by Gasteiger charge is -2.16. The Bertz CT molecular complexity index is 781. The molecule has 0 spiro atoms. The van der Waals surface area contributed by atoms with Crippen molar-refractivity contribution < 1.29 is 14.3 Å². The van der Waals surface area contributed by atoms with Gasteiger partial charge in [-0.25, -0.2) is 4.40 Å². The van der Waals surface area contributed by atoms with Crippen LogP contribution in [0.25, 0.3) is 5.65 Å². The number of ether oxygens (including phenoxy) is 1. The molecule has 0 aliphatic heterocycles. The predicted molar refractivity (Wildman–Crippen MR) is 102 cm³/mol. The summed E-state index contributed by atoms with van der Waals surface area (Å²) in [4.78, 5) is 24.4. The Morgan fingerprint density at radius 1 is 1.11 bits per heavy atom. The fraction of sp³-hybridized carbons (Fsp3) is 0.579. The smallest absolute Gasteiger partial charge is 0.238 e. The van der Waals surface area contributed by atoms with Gasteiger partial charge in [0, 0.05) is 18.9 Å². The van der Waals surface area contributed by atoms with Gasteiger partial charge in [-0.3, -0.25) is 14.9 Å². The second-order valence-corrected chi connectivity index (χ2v) is 6.82. The van der Waals surface area contributed by atoms with E-state index in [0.717, 1.165) is 25.7 Å². The molecule has 3 rings (SSSR count). The van der Waals surface area contributed by atoms with E-state index < -0.39 is 0 Å². The van der Waals surface area contributed by atoms with Crippen LogP contribution >= 0.6 is 0 Å². The summed E-state index contributed by atoms with van der Waals surface area (Å²) in [5, 5.41) is 13.8. The van der Waals surface area contributed by atoms with Crippen LogP contribution in [0.2, 0.25) is 0 Å². The molecule has 1 aliphatic carbocycles. The summed E-state index contributed by atoms with van der Waals surface area (Å²) in [6.45, 7) is 2.38. The molecular weight excluding hydrogens is 346 g/mol. The van der Waals surface area contributed by atoms with E-state index in [2.05, 4.69) is 20.8 Å². The van der Waals surface area contributed by atoms with Gasteiger partial charge in [-0.1, -0.05) is 31.7 Å². The quantitative estimate of drug-likeness (QED) is 0.727. The second-order valence-electron chi connectivity index (χ2n) is 6.82. The van der Waals surface area contributed by atoms with Crippen molar-refractivity contribution in [3.63, 3.8) is 0 Å². The fourth-order valence-corrected chi connectivity index (χ4v) is 3.39. The summed E-state index contributed by atoms with van der Waals surface area (Å²) < 4.78 is 7.21. The molecule has 2 amide bonds. The van der Waals surface area contributed by atoms with Crippen LogP contribution in [0.3, 0.4) is 0 Å². The summed E-state index contributed by atoms with van der Waals surface area (Å²) >= 11 is 0. The summed E-state index contributed by atoms with van der Waals surface area (Å²) in [5.74, 6) is 0.509. The molecule has 1 saturated carbocycles. The van der Waals surface area contributed by atoms with Crippen molar-refractivity contribution in [3.05, 3.63) is 18.2 Å². The predicted octanol–water partition coefficient (Wildman–Crippen LogP) is 2.69. The molecule has 2 N–H and O–H groups in total. The molecule has 0 bridgehead atoms. The molecule has 8 nitrogen and oxygen atoms in total. The van der Waals surface area contributed by atoms with E-state index in [4.69, 9.17) is 4.74 Å². The monoisotopic (exact) mass is 373 g/mol. The molecule has 0 saturated heterocycles. The highest BCUT2D eigenvalue weighted by atomic mass is 16.5. The standard InChI is InChI=1S/C19H27N5O3/c1-2-27-18-11-7-10-15-22-23-19(24(15)18)21-17(26)13-12-16(25)20-14-8-5-3-4-6-9-14/h7,10-11,14H,2-6,8-9,12-13H2,1H3,(H,20,25)(H,21,23,26). The van der Waals surface area contributed by atoms with Crippen LogP contribution < -0.4 is 15.4 Å². The number of anilines is 1. The van der Waals surface area contributed by atoms with Crippen molar-refractivity contribution in [3.8, 4) is 5.88 Å². The van der Waals surface area contributed by atoms with E-state index in [1.54, 1.807) is 16.5 Å². The number of fused-ring (bicyclic) bond motifs is 1. The highest BCUT2D eigenvalue weighted by Crippen LogP contribution is 2.19. The minimum absolute atomic E-state index is 0.0712. The van der Waals surface area contributed by atoms with Crippen LogP contribution in [0, 0.1) is 0 Å². The third-order valence-electron chi connectivity index (χ3n) is 4.74. The topological polar surface area (TPSA) is 97.6 Å². The SMILES string of the molecule is CCOc1cccc2nnc(NC(=O)CCC(=O)NC3CCCCCC3)n12. The summed E-state index contributed by atoms with van der Waals surface area (Å²) in [5.41, 5.74) is 0.586. The van der Waals surface area contributed by atoms with Gasteiger partial charge in [-0.05, 0) is 31.9 Å². The number of aromatic nitrogens is 3. The number of hydrogen-bond donors (Lipinski definition) is 2. The van der Waals surface area contributed by atoms with Crippen LogP contribution in [0.5, 0.6) is 5.88 Å². The van der Waals surface area contributed by atoms with Crippen LogP contribution in [-0.4, -0.2) is 39.1 Å². The van der Waals surface area contributed by atoms with E-state index >= 15 is 0 Å². The highest BCUT2D eigenvalue weighted by Gasteiger charge is 2.17. The van der Waals surface area contributed by atoms with E-state index in [9.17, 15) is 9.59 Å². The lowest BCUT2D eigenvalue weighted by Crippen LogP contribution is -2.34. The highest BCUT2D eigenvalue weighted by molar-refractivity contribution is 5.92. The minimum atomic E-state index is -0.272. The van der Waals surface area contributed by atoms with Crippen molar-refractivity contribution >= 4 is 23.4 Å². The van der Waals surface area contributed by atoms with Gasteiger partial charge in [0.15, 0.2) is 5.65 Å². The van der Waals surface area contributed by atoms with Crippen molar-refractivity contribution in [2.45, 2.75) is 64.3 Å². The van der Waals surface area contributed by atoms with Gasteiger partial charge in [0.2, 0.25) is 23.6 Å². The molecule has 8 heteroatoms. The van der Waals surface area contributed by atoms with Gasteiger partial charge in [-0.15, -0.1) is 10.2 Å². The van der Waals surface area contributed by atoms with Crippen LogP contribution in [0.4, 0.5) is 5.95 Å². The lowest BCUT2D eigenvalue weighted by atomic mass is 10.1.